The van der Waals surface area contributed by atoms with E-state index in [9.17, 15) is 40.2 Å². The third-order valence-corrected chi connectivity index (χ3v) is 5.11. The van der Waals surface area contributed by atoms with Crippen LogP contribution in [0.5, 0.6) is 0 Å². The Morgan fingerprint density at radius 3 is 1.16 bits per heavy atom. The maximum atomic E-state index is 11.7. The van der Waals surface area contributed by atoms with E-state index in [4.69, 9.17) is 0 Å². The molecular weight excluding hydrogens is 424 g/mol. The average molecular weight is 467 g/mol. The van der Waals surface area contributed by atoms with E-state index < -0.39 is 48.9 Å². The van der Waals surface area contributed by atoms with Crippen LogP contribution in [0.2, 0.25) is 0 Å². The Kier molecular flexibility index (Phi) is 17.4. The Balaban J connectivity index is 4.39. The van der Waals surface area contributed by atoms with Gasteiger partial charge in [-0.05, 0) is 12.8 Å². The summed E-state index contributed by atoms with van der Waals surface area (Å²) in [5.41, 5.74) is 0. The van der Waals surface area contributed by atoms with Gasteiger partial charge in [0.25, 0.3) is 0 Å². The lowest BCUT2D eigenvalue weighted by Crippen LogP contribution is -2.53. The van der Waals surface area contributed by atoms with Crippen molar-refractivity contribution < 1.29 is 49.7 Å². The molecule has 0 aliphatic carbocycles. The van der Waals surface area contributed by atoms with Crippen LogP contribution in [0.1, 0.15) is 90.9 Å². The second kappa shape index (κ2) is 18.2. The predicted molar refractivity (Wildman–Crippen MR) is 115 cm³/mol. The van der Waals surface area contributed by atoms with Crippen molar-refractivity contribution in [2.24, 2.45) is 0 Å². The minimum Gasteiger partial charge on any atom is -0.433 e. The van der Waals surface area contributed by atoms with E-state index in [1.165, 1.54) is 0 Å². The quantitative estimate of drug-likeness (QED) is 0.0910. The van der Waals surface area contributed by atoms with Crippen molar-refractivity contribution in [2.75, 3.05) is 0 Å². The van der Waals surface area contributed by atoms with E-state index in [1.807, 2.05) is 0 Å². The second-order valence-electron chi connectivity index (χ2n) is 8.05. The van der Waals surface area contributed by atoms with Gasteiger partial charge in [0.2, 0.25) is 12.6 Å². The van der Waals surface area contributed by atoms with E-state index in [2.05, 4.69) is 23.3 Å². The molecule has 6 atom stereocenters. The molecule has 0 aromatic rings. The predicted octanol–water partition coefficient (Wildman–Crippen LogP) is 0.874. The summed E-state index contributed by atoms with van der Waals surface area (Å²) in [7, 11) is 0. The van der Waals surface area contributed by atoms with Gasteiger partial charge in [-0.25, -0.2) is 0 Å². The fourth-order valence-electron chi connectivity index (χ4n) is 3.01. The molecule has 32 heavy (non-hydrogen) atoms. The number of unbranched alkanes of at least 4 members (excludes halogenated alkanes) is 8. The first-order chi connectivity index (χ1) is 15.1. The molecule has 0 aliphatic heterocycles. The Labute approximate surface area is 190 Å². The average Bonchev–Trinajstić information content (AvgIpc) is 2.76. The molecule has 0 saturated heterocycles. The molecule has 10 heteroatoms. The molecule has 6 N–H and O–H groups in total. The zero-order chi connectivity index (χ0) is 24.5. The molecule has 0 bridgehead atoms. The highest BCUT2D eigenvalue weighted by molar-refractivity contribution is 5.69. The number of esters is 2. The lowest BCUT2D eigenvalue weighted by Gasteiger charge is -2.30. The molecule has 190 valence electrons. The van der Waals surface area contributed by atoms with Crippen molar-refractivity contribution in [3.05, 3.63) is 0 Å². The Morgan fingerprint density at radius 2 is 0.844 bits per heavy atom. The molecule has 0 rings (SSSR count). The van der Waals surface area contributed by atoms with E-state index in [0.29, 0.717) is 12.8 Å². The van der Waals surface area contributed by atoms with Gasteiger partial charge in [0.05, 0.1) is 0 Å². The van der Waals surface area contributed by atoms with Crippen LogP contribution in [-0.4, -0.2) is 79.6 Å². The molecule has 2 unspecified atom stereocenters. The molecule has 0 aromatic carbocycles. The molecular formula is C22H42O10. The van der Waals surface area contributed by atoms with E-state index in [1.54, 1.807) is 0 Å². The van der Waals surface area contributed by atoms with Crippen molar-refractivity contribution in [1.82, 2.24) is 0 Å². The molecule has 0 aliphatic rings. The van der Waals surface area contributed by atoms with Crippen LogP contribution in [0.4, 0.5) is 0 Å². The summed E-state index contributed by atoms with van der Waals surface area (Å²) in [6.07, 6.45) is -4.17. The molecule has 0 aromatic heterocycles. The Morgan fingerprint density at radius 1 is 0.531 bits per heavy atom. The van der Waals surface area contributed by atoms with Crippen molar-refractivity contribution in [1.29, 1.82) is 0 Å². The molecule has 0 spiro atoms. The largest absolute Gasteiger partial charge is 0.433 e. The smallest absolute Gasteiger partial charge is 0.308 e. The Hall–Kier alpha value is -1.30. The first-order valence-corrected chi connectivity index (χ1v) is 11.6. The van der Waals surface area contributed by atoms with Gasteiger partial charge < -0.3 is 40.1 Å². The topological polar surface area (TPSA) is 174 Å². The fourth-order valence-corrected chi connectivity index (χ4v) is 3.01. The van der Waals surface area contributed by atoms with Crippen LogP contribution >= 0.6 is 0 Å². The van der Waals surface area contributed by atoms with Crippen molar-refractivity contribution in [3.8, 4) is 0 Å². The first-order valence-electron chi connectivity index (χ1n) is 11.6. The monoisotopic (exact) mass is 466 g/mol. The number of aliphatic hydroxyl groups is 6. The Bertz CT molecular complexity index is 457. The number of carbonyl (C=O) groups is 2. The zero-order valence-corrected chi connectivity index (χ0v) is 19.3. The van der Waals surface area contributed by atoms with Crippen LogP contribution in [0.15, 0.2) is 0 Å². The molecule has 0 amide bonds. The van der Waals surface area contributed by atoms with Gasteiger partial charge in [-0.1, -0.05) is 65.2 Å². The molecule has 10 nitrogen and oxygen atoms in total. The first kappa shape index (κ1) is 30.7. The zero-order valence-electron chi connectivity index (χ0n) is 19.3. The maximum Gasteiger partial charge on any atom is 0.308 e. The molecule has 0 radical (unpaired) electrons. The summed E-state index contributed by atoms with van der Waals surface area (Å²) in [6, 6.07) is 0. The number of aliphatic hydroxyl groups excluding tert-OH is 6. The second-order valence-corrected chi connectivity index (χ2v) is 8.05. The normalized spacial score (nSPS) is 17.1. The van der Waals surface area contributed by atoms with Gasteiger partial charge in [0.1, 0.15) is 24.4 Å². The highest BCUT2D eigenvalue weighted by Gasteiger charge is 2.39. The van der Waals surface area contributed by atoms with Crippen LogP contribution in [-0.2, 0) is 19.1 Å². The van der Waals surface area contributed by atoms with Crippen LogP contribution in [0.25, 0.3) is 0 Å². The van der Waals surface area contributed by atoms with E-state index in [-0.39, 0.29) is 12.8 Å². The van der Waals surface area contributed by atoms with E-state index in [0.717, 1.165) is 51.4 Å². The summed E-state index contributed by atoms with van der Waals surface area (Å²) in [5, 5.41) is 59.3. The van der Waals surface area contributed by atoms with Gasteiger partial charge in [-0.15, -0.1) is 0 Å². The number of ether oxygens (including phenoxy) is 2. The maximum absolute atomic E-state index is 11.7. The minimum absolute atomic E-state index is 0.0158. The van der Waals surface area contributed by atoms with Gasteiger partial charge in [0, 0.05) is 12.8 Å². The third-order valence-electron chi connectivity index (χ3n) is 5.11. The molecule has 0 saturated carbocycles. The number of rotatable bonds is 19. The summed E-state index contributed by atoms with van der Waals surface area (Å²) >= 11 is 0. The van der Waals surface area contributed by atoms with Crippen LogP contribution in [0.3, 0.4) is 0 Å². The highest BCUT2D eigenvalue weighted by Crippen LogP contribution is 2.15. The third kappa shape index (κ3) is 13.3. The lowest BCUT2D eigenvalue weighted by atomic mass is 10.0. The standard InChI is InChI=1S/C22H42O10/c1-3-5-7-9-11-13-15(23)31-21(29)19(27)17(25)18(26)20(28)22(30)32-16(24)14-12-10-8-6-4-2/h17-22,25-30H,3-14H2,1-2H3/t17-,18-,19-,20-,21?,22?/m0/s1. The van der Waals surface area contributed by atoms with Crippen LogP contribution in [0, 0.1) is 0 Å². The minimum atomic E-state index is -2.19. The SMILES string of the molecule is CCCCCCCC(=O)OC(O)[C@@H](O)[C@@H](O)[C@H](O)[C@H](O)C(O)OC(=O)CCCCCCC. The van der Waals surface area contributed by atoms with Gasteiger partial charge in [-0.2, -0.15) is 0 Å². The molecule has 0 heterocycles. The molecule has 0 fully saturated rings. The van der Waals surface area contributed by atoms with Crippen molar-refractivity contribution >= 4 is 11.9 Å². The van der Waals surface area contributed by atoms with Crippen LogP contribution < -0.4 is 0 Å². The van der Waals surface area contributed by atoms with E-state index >= 15 is 0 Å². The van der Waals surface area contributed by atoms with Crippen molar-refractivity contribution in [3.63, 3.8) is 0 Å². The number of carbonyl (C=O) groups excluding carboxylic acids is 2. The van der Waals surface area contributed by atoms with Gasteiger partial charge in [-0.3, -0.25) is 9.59 Å². The summed E-state index contributed by atoms with van der Waals surface area (Å²) < 4.78 is 9.27. The van der Waals surface area contributed by atoms with Gasteiger partial charge >= 0.3 is 11.9 Å². The fraction of sp³-hybridized carbons (Fsp3) is 0.909. The summed E-state index contributed by atoms with van der Waals surface area (Å²) in [4.78, 5) is 23.4. The number of hydrogen-bond acceptors (Lipinski definition) is 10. The summed E-state index contributed by atoms with van der Waals surface area (Å²) in [6.45, 7) is 4.11. The summed E-state index contributed by atoms with van der Waals surface area (Å²) in [5.74, 6) is -1.58. The highest BCUT2D eigenvalue weighted by atomic mass is 16.7. The van der Waals surface area contributed by atoms with Gasteiger partial charge in [0.15, 0.2) is 0 Å². The lowest BCUT2D eigenvalue weighted by molar-refractivity contribution is -0.233. The number of hydrogen-bond donors (Lipinski definition) is 6. The van der Waals surface area contributed by atoms with Crippen molar-refractivity contribution in [2.45, 2.75) is 128 Å².